The third-order valence-electron chi connectivity index (χ3n) is 5.16. The summed E-state index contributed by atoms with van der Waals surface area (Å²) in [6, 6.07) is 19.2. The van der Waals surface area contributed by atoms with E-state index in [1.165, 1.54) is 17.7 Å². The molecule has 0 saturated heterocycles. The highest BCUT2D eigenvalue weighted by Crippen LogP contribution is 2.38. The van der Waals surface area contributed by atoms with Crippen molar-refractivity contribution >= 4 is 10.9 Å². The molecule has 152 valence electrons. The molecule has 0 unspecified atom stereocenters. The summed E-state index contributed by atoms with van der Waals surface area (Å²) in [5.41, 5.74) is 1.37. The molecule has 0 bridgehead atoms. The predicted molar refractivity (Wildman–Crippen MR) is 112 cm³/mol. The van der Waals surface area contributed by atoms with Crippen LogP contribution in [-0.4, -0.2) is 11.7 Å². The summed E-state index contributed by atoms with van der Waals surface area (Å²) >= 11 is 0. The minimum absolute atomic E-state index is 0.286. The summed E-state index contributed by atoms with van der Waals surface area (Å²) in [4.78, 5) is 13.3. The van der Waals surface area contributed by atoms with Crippen molar-refractivity contribution in [2.24, 2.45) is 7.05 Å². The average molecular weight is 409 g/mol. The zero-order valence-electron chi connectivity index (χ0n) is 16.3. The topological polar surface area (TPSA) is 31.2 Å². The van der Waals surface area contributed by atoms with Gasteiger partial charge in [0.1, 0.15) is 5.75 Å². The largest absolute Gasteiger partial charge is 0.497 e. The van der Waals surface area contributed by atoms with Gasteiger partial charge in [-0.1, -0.05) is 42.5 Å². The Balaban J connectivity index is 2.12. The minimum Gasteiger partial charge on any atom is -0.497 e. The normalized spacial score (nSPS) is 11.6. The van der Waals surface area contributed by atoms with Crippen LogP contribution in [0, 0.1) is 0 Å². The van der Waals surface area contributed by atoms with Crippen LogP contribution in [0.2, 0.25) is 0 Å². The number of nitrogens with zero attached hydrogens (tertiary/aromatic N) is 1. The van der Waals surface area contributed by atoms with E-state index in [1.54, 1.807) is 49.5 Å². The molecule has 0 spiro atoms. The molecule has 3 aromatic carbocycles. The number of benzene rings is 3. The second-order valence-corrected chi connectivity index (χ2v) is 6.94. The van der Waals surface area contributed by atoms with Gasteiger partial charge in [0, 0.05) is 18.0 Å². The van der Waals surface area contributed by atoms with Gasteiger partial charge in [0.2, 0.25) is 0 Å². The van der Waals surface area contributed by atoms with Crippen LogP contribution in [0.15, 0.2) is 77.6 Å². The molecule has 6 heteroatoms. The van der Waals surface area contributed by atoms with Crippen molar-refractivity contribution in [2.75, 3.05) is 7.11 Å². The molecule has 0 N–H and O–H groups in total. The maximum Gasteiger partial charge on any atom is 0.416 e. The van der Waals surface area contributed by atoms with Crippen LogP contribution < -0.4 is 10.3 Å². The highest BCUT2D eigenvalue weighted by atomic mass is 19.4. The van der Waals surface area contributed by atoms with E-state index in [-0.39, 0.29) is 5.56 Å². The van der Waals surface area contributed by atoms with Gasteiger partial charge < -0.3 is 9.30 Å². The summed E-state index contributed by atoms with van der Waals surface area (Å²) < 4.78 is 46.8. The Morgan fingerprint density at radius 2 is 1.53 bits per heavy atom. The zero-order valence-corrected chi connectivity index (χ0v) is 16.3. The van der Waals surface area contributed by atoms with Gasteiger partial charge in [-0.05, 0) is 41.5 Å². The van der Waals surface area contributed by atoms with Gasteiger partial charge in [-0.3, -0.25) is 4.79 Å². The molecule has 0 aliphatic rings. The van der Waals surface area contributed by atoms with E-state index in [1.807, 2.05) is 12.1 Å². The molecule has 0 radical (unpaired) electrons. The van der Waals surface area contributed by atoms with Gasteiger partial charge in [0.25, 0.3) is 5.56 Å². The number of pyridine rings is 1. The number of rotatable bonds is 3. The van der Waals surface area contributed by atoms with E-state index in [9.17, 15) is 18.0 Å². The second kappa shape index (κ2) is 7.37. The highest BCUT2D eigenvalue weighted by molar-refractivity contribution is 6.02. The number of aryl methyl sites for hydroxylation is 1. The number of aromatic nitrogens is 1. The zero-order chi connectivity index (χ0) is 21.5. The third kappa shape index (κ3) is 3.34. The third-order valence-corrected chi connectivity index (χ3v) is 5.16. The van der Waals surface area contributed by atoms with Crippen molar-refractivity contribution in [1.29, 1.82) is 0 Å². The lowest BCUT2D eigenvalue weighted by molar-refractivity contribution is -0.137. The van der Waals surface area contributed by atoms with E-state index < -0.39 is 11.7 Å². The predicted octanol–water partition coefficient (Wildman–Crippen LogP) is 5.90. The Bertz CT molecular complexity index is 1290. The molecular weight excluding hydrogens is 391 g/mol. The van der Waals surface area contributed by atoms with Crippen LogP contribution in [0.1, 0.15) is 5.56 Å². The lowest BCUT2D eigenvalue weighted by Gasteiger charge is -2.17. The summed E-state index contributed by atoms with van der Waals surface area (Å²) in [6.07, 6.45) is -4.48. The molecular formula is C24H18F3NO2. The molecule has 4 aromatic rings. The first-order valence-corrected chi connectivity index (χ1v) is 9.25. The second-order valence-electron chi connectivity index (χ2n) is 6.94. The lowest BCUT2D eigenvalue weighted by atomic mass is 9.91. The molecule has 0 atom stereocenters. The van der Waals surface area contributed by atoms with Crippen molar-refractivity contribution < 1.29 is 17.9 Å². The first-order chi connectivity index (χ1) is 14.3. The molecule has 1 heterocycles. The molecule has 30 heavy (non-hydrogen) atoms. The molecule has 0 aliphatic carbocycles. The summed E-state index contributed by atoms with van der Waals surface area (Å²) in [6.45, 7) is 0. The number of fused-ring (bicyclic) bond motifs is 1. The van der Waals surface area contributed by atoms with E-state index in [4.69, 9.17) is 4.74 Å². The first kappa shape index (κ1) is 19.8. The Morgan fingerprint density at radius 3 is 2.20 bits per heavy atom. The lowest BCUT2D eigenvalue weighted by Crippen LogP contribution is -2.20. The fraction of sp³-hybridized carbons (Fsp3) is 0.125. The SMILES string of the molecule is COc1ccc(-c2c(-c3cccc(C(F)(F)F)c3)c3ccccc3n(C)c2=O)cc1. The van der Waals surface area contributed by atoms with Crippen molar-refractivity contribution in [3.63, 3.8) is 0 Å². The van der Waals surface area contributed by atoms with Crippen LogP contribution in [0.4, 0.5) is 13.2 Å². The van der Waals surface area contributed by atoms with Crippen LogP contribution in [0.3, 0.4) is 0 Å². The van der Waals surface area contributed by atoms with Gasteiger partial charge >= 0.3 is 6.18 Å². The van der Waals surface area contributed by atoms with Crippen LogP contribution in [-0.2, 0) is 13.2 Å². The number of para-hydroxylation sites is 1. The molecule has 0 fully saturated rings. The smallest absolute Gasteiger partial charge is 0.416 e. The first-order valence-electron chi connectivity index (χ1n) is 9.25. The van der Waals surface area contributed by atoms with Gasteiger partial charge in [-0.25, -0.2) is 0 Å². The Labute approximate surface area is 171 Å². The number of halogens is 3. The van der Waals surface area contributed by atoms with Gasteiger partial charge in [-0.2, -0.15) is 13.2 Å². The fourth-order valence-corrected chi connectivity index (χ4v) is 3.67. The Hall–Kier alpha value is -3.54. The number of hydrogen-bond acceptors (Lipinski definition) is 2. The molecule has 0 saturated carbocycles. The van der Waals surface area contributed by atoms with E-state index >= 15 is 0 Å². The Morgan fingerprint density at radius 1 is 0.833 bits per heavy atom. The number of alkyl halides is 3. The quantitative estimate of drug-likeness (QED) is 0.422. The van der Waals surface area contributed by atoms with Crippen molar-refractivity contribution in [3.8, 4) is 28.0 Å². The molecule has 3 nitrogen and oxygen atoms in total. The average Bonchev–Trinajstić information content (AvgIpc) is 2.75. The highest BCUT2D eigenvalue weighted by Gasteiger charge is 2.31. The van der Waals surface area contributed by atoms with Gasteiger partial charge in [-0.15, -0.1) is 0 Å². The molecule has 1 aromatic heterocycles. The van der Waals surface area contributed by atoms with Crippen molar-refractivity contribution in [3.05, 3.63) is 88.7 Å². The number of ether oxygens (including phenoxy) is 1. The monoisotopic (exact) mass is 409 g/mol. The van der Waals surface area contributed by atoms with Crippen molar-refractivity contribution in [2.45, 2.75) is 6.18 Å². The number of methoxy groups -OCH3 is 1. The maximum absolute atomic E-state index is 13.4. The summed E-state index contributed by atoms with van der Waals surface area (Å²) in [5, 5.41) is 0.699. The number of hydrogen-bond donors (Lipinski definition) is 0. The maximum atomic E-state index is 13.4. The Kier molecular flexibility index (Phi) is 4.86. The van der Waals surface area contributed by atoms with E-state index in [0.29, 0.717) is 38.9 Å². The van der Waals surface area contributed by atoms with Crippen LogP contribution in [0.5, 0.6) is 5.75 Å². The van der Waals surface area contributed by atoms with E-state index in [0.717, 1.165) is 12.1 Å². The van der Waals surface area contributed by atoms with Crippen LogP contribution >= 0.6 is 0 Å². The summed E-state index contributed by atoms with van der Waals surface area (Å²) in [7, 11) is 3.20. The van der Waals surface area contributed by atoms with Crippen molar-refractivity contribution in [1.82, 2.24) is 4.57 Å². The van der Waals surface area contributed by atoms with Gasteiger partial charge in [0.05, 0.1) is 23.8 Å². The van der Waals surface area contributed by atoms with Gasteiger partial charge in [0.15, 0.2) is 0 Å². The minimum atomic E-state index is -4.48. The molecule has 0 amide bonds. The van der Waals surface area contributed by atoms with Crippen LogP contribution in [0.25, 0.3) is 33.2 Å². The van der Waals surface area contributed by atoms with E-state index in [2.05, 4.69) is 0 Å². The summed E-state index contributed by atoms with van der Waals surface area (Å²) in [5.74, 6) is 0.622. The fourth-order valence-electron chi connectivity index (χ4n) is 3.67. The molecule has 4 rings (SSSR count). The standard InChI is InChI=1S/C24H18F3NO2/c1-28-20-9-4-3-8-19(20)21(16-6-5-7-17(14-16)24(25,26)27)22(23(28)29)15-10-12-18(30-2)13-11-15/h3-14H,1-2H3. The molecule has 0 aliphatic heterocycles.